The smallest absolute Gasteiger partial charge is 0.108 e. The average molecular weight is 251 g/mol. The summed E-state index contributed by atoms with van der Waals surface area (Å²) in [7, 11) is 0. The molecule has 1 fully saturated rings. The number of aromatic nitrogens is 2. The van der Waals surface area contributed by atoms with E-state index in [1.165, 1.54) is 5.82 Å². The van der Waals surface area contributed by atoms with E-state index in [4.69, 9.17) is 0 Å². The van der Waals surface area contributed by atoms with Crippen LogP contribution in [0.15, 0.2) is 12.4 Å². The maximum absolute atomic E-state index is 9.65. The Kier molecular flexibility index (Phi) is 4.40. The highest BCUT2D eigenvalue weighted by atomic mass is 16.3. The Morgan fingerprint density at radius 3 is 3.06 bits per heavy atom. The van der Waals surface area contributed by atoms with Crippen LogP contribution in [0.3, 0.4) is 0 Å². The third kappa shape index (κ3) is 2.59. The first-order valence-corrected chi connectivity index (χ1v) is 7.12. The van der Waals surface area contributed by atoms with E-state index in [0.717, 1.165) is 38.6 Å². The fraction of sp³-hybridized carbons (Fsp3) is 0.786. The second-order valence-electron chi connectivity index (χ2n) is 5.37. The van der Waals surface area contributed by atoms with Gasteiger partial charge in [0, 0.05) is 30.4 Å². The number of imidazole rings is 1. The molecule has 1 aromatic heterocycles. The molecular formula is C14H25N3O. The molecule has 0 spiro atoms. The number of rotatable bonds is 6. The van der Waals surface area contributed by atoms with Crippen molar-refractivity contribution >= 4 is 0 Å². The van der Waals surface area contributed by atoms with E-state index in [9.17, 15) is 5.11 Å². The Labute approximate surface area is 109 Å². The summed E-state index contributed by atoms with van der Waals surface area (Å²) in [6, 6.07) is 0.486. The molecule has 0 bridgehead atoms. The van der Waals surface area contributed by atoms with Crippen molar-refractivity contribution in [2.24, 2.45) is 0 Å². The van der Waals surface area contributed by atoms with Crippen LogP contribution >= 0.6 is 0 Å². The van der Waals surface area contributed by atoms with E-state index in [2.05, 4.69) is 34.9 Å². The van der Waals surface area contributed by atoms with E-state index in [0.29, 0.717) is 6.04 Å². The van der Waals surface area contributed by atoms with Crippen LogP contribution < -0.4 is 5.32 Å². The highest BCUT2D eigenvalue weighted by Gasteiger charge is 2.39. The van der Waals surface area contributed by atoms with Crippen LogP contribution in [0.25, 0.3) is 0 Å². The number of aliphatic hydroxyl groups excluding tert-OH is 1. The fourth-order valence-corrected chi connectivity index (χ4v) is 3.16. The van der Waals surface area contributed by atoms with E-state index < -0.39 is 0 Å². The molecular weight excluding hydrogens is 226 g/mol. The zero-order chi connectivity index (χ0) is 13.0. The van der Waals surface area contributed by atoms with Crippen LogP contribution in [0.2, 0.25) is 0 Å². The lowest BCUT2D eigenvalue weighted by atomic mass is 9.98. The summed E-state index contributed by atoms with van der Waals surface area (Å²) in [5.74, 6) is 1.19. The van der Waals surface area contributed by atoms with Crippen molar-refractivity contribution in [3.63, 3.8) is 0 Å². The molecule has 1 aromatic rings. The lowest BCUT2D eigenvalue weighted by molar-refractivity contribution is 0.162. The number of hydrogen-bond donors (Lipinski definition) is 2. The molecule has 1 aliphatic carbocycles. The largest absolute Gasteiger partial charge is 0.394 e. The number of aryl methyl sites for hydroxylation is 1. The Balaban J connectivity index is 2.09. The first kappa shape index (κ1) is 13.6. The fourth-order valence-electron chi connectivity index (χ4n) is 3.16. The molecule has 0 saturated heterocycles. The van der Waals surface area contributed by atoms with Gasteiger partial charge in [0.1, 0.15) is 5.82 Å². The Morgan fingerprint density at radius 1 is 1.56 bits per heavy atom. The SMILES string of the molecule is CCCc1nccn1C1CCC(CO)(NCC)C1. The molecule has 2 rings (SSSR count). The minimum Gasteiger partial charge on any atom is -0.394 e. The van der Waals surface area contributed by atoms with Gasteiger partial charge in [-0.15, -0.1) is 0 Å². The molecule has 1 aliphatic rings. The summed E-state index contributed by atoms with van der Waals surface area (Å²) in [4.78, 5) is 4.45. The Hall–Kier alpha value is -0.870. The quantitative estimate of drug-likeness (QED) is 0.812. The molecule has 0 radical (unpaired) electrons. The van der Waals surface area contributed by atoms with Gasteiger partial charge < -0.3 is 15.0 Å². The Morgan fingerprint density at radius 2 is 2.39 bits per heavy atom. The third-order valence-corrected chi connectivity index (χ3v) is 4.05. The van der Waals surface area contributed by atoms with Crippen LogP contribution in [-0.4, -0.2) is 33.3 Å². The summed E-state index contributed by atoms with van der Waals surface area (Å²) in [6.07, 6.45) is 9.34. The van der Waals surface area contributed by atoms with Gasteiger partial charge in [-0.05, 0) is 32.2 Å². The van der Waals surface area contributed by atoms with Crippen molar-refractivity contribution in [3.05, 3.63) is 18.2 Å². The van der Waals surface area contributed by atoms with Gasteiger partial charge in [-0.2, -0.15) is 0 Å². The maximum Gasteiger partial charge on any atom is 0.108 e. The molecule has 2 atom stereocenters. The highest BCUT2D eigenvalue weighted by Crippen LogP contribution is 2.38. The normalized spacial score (nSPS) is 27.8. The first-order chi connectivity index (χ1) is 8.74. The molecule has 4 nitrogen and oxygen atoms in total. The average Bonchev–Trinajstić information content (AvgIpc) is 2.97. The monoisotopic (exact) mass is 251 g/mol. The summed E-state index contributed by atoms with van der Waals surface area (Å²) in [5, 5.41) is 13.1. The van der Waals surface area contributed by atoms with Gasteiger partial charge in [-0.1, -0.05) is 13.8 Å². The topological polar surface area (TPSA) is 50.1 Å². The molecule has 102 valence electrons. The minimum absolute atomic E-state index is 0.0762. The number of nitrogens with zero attached hydrogens (tertiary/aromatic N) is 2. The van der Waals surface area contributed by atoms with Gasteiger partial charge in [0.05, 0.1) is 6.61 Å². The minimum atomic E-state index is -0.0762. The first-order valence-electron chi connectivity index (χ1n) is 7.12. The van der Waals surface area contributed by atoms with Gasteiger partial charge in [0.15, 0.2) is 0 Å². The van der Waals surface area contributed by atoms with Crippen LogP contribution in [-0.2, 0) is 6.42 Å². The van der Waals surface area contributed by atoms with Crippen LogP contribution in [0.4, 0.5) is 0 Å². The van der Waals surface area contributed by atoms with Crippen molar-refractivity contribution in [1.29, 1.82) is 0 Å². The molecule has 1 heterocycles. The number of nitrogens with one attached hydrogen (secondary N) is 1. The Bertz CT molecular complexity index is 377. The van der Waals surface area contributed by atoms with E-state index in [1.54, 1.807) is 0 Å². The van der Waals surface area contributed by atoms with Gasteiger partial charge in [0.25, 0.3) is 0 Å². The molecule has 2 unspecified atom stereocenters. The van der Waals surface area contributed by atoms with Crippen molar-refractivity contribution in [2.75, 3.05) is 13.2 Å². The summed E-state index contributed by atoms with van der Waals surface area (Å²) in [6.45, 7) is 5.43. The zero-order valence-electron chi connectivity index (χ0n) is 11.5. The lowest BCUT2D eigenvalue weighted by Gasteiger charge is -2.28. The van der Waals surface area contributed by atoms with Gasteiger partial charge in [0.2, 0.25) is 0 Å². The third-order valence-electron chi connectivity index (χ3n) is 4.05. The second-order valence-corrected chi connectivity index (χ2v) is 5.37. The molecule has 0 aliphatic heterocycles. The van der Waals surface area contributed by atoms with E-state index >= 15 is 0 Å². The molecule has 0 amide bonds. The predicted molar refractivity (Wildman–Crippen MR) is 72.6 cm³/mol. The highest BCUT2D eigenvalue weighted by molar-refractivity contribution is 5.03. The number of hydrogen-bond acceptors (Lipinski definition) is 3. The van der Waals surface area contributed by atoms with Crippen LogP contribution in [0.5, 0.6) is 0 Å². The van der Waals surface area contributed by atoms with E-state index in [1.807, 2.05) is 6.20 Å². The lowest BCUT2D eigenvalue weighted by Crippen LogP contribution is -2.46. The summed E-state index contributed by atoms with van der Waals surface area (Å²) >= 11 is 0. The van der Waals surface area contributed by atoms with Crippen molar-refractivity contribution in [2.45, 2.75) is 57.5 Å². The molecule has 18 heavy (non-hydrogen) atoms. The van der Waals surface area contributed by atoms with Gasteiger partial charge in [-0.25, -0.2) is 4.98 Å². The summed E-state index contributed by atoms with van der Waals surface area (Å²) in [5.41, 5.74) is -0.0762. The number of aliphatic hydroxyl groups is 1. The zero-order valence-corrected chi connectivity index (χ0v) is 11.5. The molecule has 1 saturated carbocycles. The molecule has 4 heteroatoms. The van der Waals surface area contributed by atoms with Crippen molar-refractivity contribution in [1.82, 2.24) is 14.9 Å². The predicted octanol–water partition coefficient (Wildman–Crippen LogP) is 1.90. The maximum atomic E-state index is 9.65. The van der Waals surface area contributed by atoms with Gasteiger partial charge >= 0.3 is 0 Å². The van der Waals surface area contributed by atoms with Crippen LogP contribution in [0, 0.1) is 0 Å². The molecule has 2 N–H and O–H groups in total. The number of likely N-dealkylation sites (N-methyl/N-ethyl adjacent to an activating group) is 1. The van der Waals surface area contributed by atoms with E-state index in [-0.39, 0.29) is 12.1 Å². The molecule has 0 aromatic carbocycles. The van der Waals surface area contributed by atoms with Gasteiger partial charge in [-0.3, -0.25) is 0 Å². The van der Waals surface area contributed by atoms with Crippen molar-refractivity contribution in [3.8, 4) is 0 Å². The standard InChI is InChI=1S/C14H25N3O/c1-3-5-13-15-8-9-17(13)12-6-7-14(10-12,11-18)16-4-2/h8-9,12,16,18H,3-7,10-11H2,1-2H3. The summed E-state index contributed by atoms with van der Waals surface area (Å²) < 4.78 is 2.32. The second kappa shape index (κ2) is 5.85. The van der Waals surface area contributed by atoms with Crippen molar-refractivity contribution < 1.29 is 5.11 Å². The van der Waals surface area contributed by atoms with Crippen LogP contribution in [0.1, 0.15) is 51.4 Å².